The highest BCUT2D eigenvalue weighted by Gasteiger charge is 2.07. The van der Waals surface area contributed by atoms with Crippen LogP contribution < -0.4 is 4.74 Å². The second-order valence-electron chi connectivity index (χ2n) is 2.78. The molecule has 0 radical (unpaired) electrons. The van der Waals surface area contributed by atoms with Gasteiger partial charge in [-0.15, -0.1) is 0 Å². The van der Waals surface area contributed by atoms with E-state index >= 15 is 0 Å². The first-order chi connectivity index (χ1) is 7.31. The van der Waals surface area contributed by atoms with Crippen molar-refractivity contribution in [2.45, 2.75) is 0 Å². The Balaban J connectivity index is 2.49. The van der Waals surface area contributed by atoms with Gasteiger partial charge in [0.05, 0.1) is 19.5 Å². The average Bonchev–Trinajstić information content (AvgIpc) is 2.30. The second kappa shape index (κ2) is 4.23. The van der Waals surface area contributed by atoms with Crippen molar-refractivity contribution in [3.63, 3.8) is 0 Å². The van der Waals surface area contributed by atoms with Gasteiger partial charge in [0.15, 0.2) is 0 Å². The van der Waals surface area contributed by atoms with Crippen molar-refractivity contribution in [3.05, 3.63) is 35.9 Å². The minimum atomic E-state index is 0.355. The van der Waals surface area contributed by atoms with Gasteiger partial charge in [-0.3, -0.25) is 4.98 Å². The first-order valence-electron chi connectivity index (χ1n) is 4.28. The molecule has 0 aliphatic heterocycles. The van der Waals surface area contributed by atoms with Gasteiger partial charge in [0.2, 0.25) is 0 Å². The zero-order valence-corrected chi connectivity index (χ0v) is 8.77. The molecule has 0 aliphatic carbocycles. The Hall–Kier alpha value is -1.68. The standard InChI is InChI=1S/C10H8ClN3O/c1-15-8-3-2-4-12-10(8)7-5-14-9(11)6-13-7/h2-6H,1H3. The van der Waals surface area contributed by atoms with Crippen molar-refractivity contribution in [2.24, 2.45) is 0 Å². The molecule has 0 spiro atoms. The van der Waals surface area contributed by atoms with Gasteiger partial charge >= 0.3 is 0 Å². The molecule has 0 bridgehead atoms. The van der Waals surface area contributed by atoms with Gasteiger partial charge in [-0.25, -0.2) is 9.97 Å². The lowest BCUT2D eigenvalue weighted by Gasteiger charge is -2.05. The average molecular weight is 222 g/mol. The molecule has 5 heteroatoms. The number of aromatic nitrogens is 3. The number of methoxy groups -OCH3 is 1. The van der Waals surface area contributed by atoms with Crippen molar-refractivity contribution in [2.75, 3.05) is 7.11 Å². The Morgan fingerprint density at radius 1 is 1.20 bits per heavy atom. The predicted octanol–water partition coefficient (Wildman–Crippen LogP) is 2.20. The largest absolute Gasteiger partial charge is 0.494 e. The summed E-state index contributed by atoms with van der Waals surface area (Å²) in [6, 6.07) is 3.62. The van der Waals surface area contributed by atoms with Gasteiger partial charge in [-0.05, 0) is 12.1 Å². The van der Waals surface area contributed by atoms with Crippen LogP contribution in [0.1, 0.15) is 0 Å². The fourth-order valence-corrected chi connectivity index (χ4v) is 1.28. The zero-order chi connectivity index (χ0) is 10.7. The topological polar surface area (TPSA) is 47.9 Å². The number of pyridine rings is 1. The molecule has 0 saturated heterocycles. The molecule has 0 aromatic carbocycles. The van der Waals surface area contributed by atoms with E-state index in [2.05, 4.69) is 15.0 Å². The minimum absolute atomic E-state index is 0.355. The summed E-state index contributed by atoms with van der Waals surface area (Å²) in [4.78, 5) is 12.2. The van der Waals surface area contributed by atoms with Crippen molar-refractivity contribution in [1.82, 2.24) is 15.0 Å². The fraction of sp³-hybridized carbons (Fsp3) is 0.100. The summed E-state index contributed by atoms with van der Waals surface area (Å²) < 4.78 is 5.17. The summed E-state index contributed by atoms with van der Waals surface area (Å²) in [5.41, 5.74) is 1.29. The van der Waals surface area contributed by atoms with Gasteiger partial charge in [-0.2, -0.15) is 0 Å². The summed E-state index contributed by atoms with van der Waals surface area (Å²) in [6.07, 6.45) is 4.71. The summed E-state index contributed by atoms with van der Waals surface area (Å²) in [7, 11) is 1.59. The van der Waals surface area contributed by atoms with Crippen LogP contribution in [0.4, 0.5) is 0 Å². The molecule has 15 heavy (non-hydrogen) atoms. The molecule has 76 valence electrons. The molecule has 0 aliphatic rings. The molecule has 0 saturated carbocycles. The third kappa shape index (κ3) is 2.05. The van der Waals surface area contributed by atoms with E-state index in [1.54, 1.807) is 25.6 Å². The predicted molar refractivity (Wildman–Crippen MR) is 56.8 cm³/mol. The van der Waals surface area contributed by atoms with Crippen molar-refractivity contribution in [3.8, 4) is 17.1 Å². The van der Waals surface area contributed by atoms with Crippen LogP contribution in [0.15, 0.2) is 30.7 Å². The lowest BCUT2D eigenvalue weighted by atomic mass is 10.2. The van der Waals surface area contributed by atoms with Gasteiger partial charge in [0, 0.05) is 6.20 Å². The number of ether oxygens (including phenoxy) is 1. The highest BCUT2D eigenvalue weighted by atomic mass is 35.5. The Morgan fingerprint density at radius 3 is 2.73 bits per heavy atom. The third-order valence-electron chi connectivity index (χ3n) is 1.85. The number of halogens is 1. The van der Waals surface area contributed by atoms with Crippen LogP contribution in [-0.4, -0.2) is 22.1 Å². The van der Waals surface area contributed by atoms with Gasteiger partial charge in [-0.1, -0.05) is 11.6 Å². The van der Waals surface area contributed by atoms with Gasteiger partial charge in [0.25, 0.3) is 0 Å². The smallest absolute Gasteiger partial charge is 0.147 e. The number of rotatable bonds is 2. The van der Waals surface area contributed by atoms with Crippen molar-refractivity contribution in [1.29, 1.82) is 0 Å². The quantitative estimate of drug-likeness (QED) is 0.780. The maximum atomic E-state index is 5.65. The molecule has 2 rings (SSSR count). The molecule has 2 aromatic heterocycles. The van der Waals surface area contributed by atoms with Crippen LogP contribution in [-0.2, 0) is 0 Å². The molecule has 0 atom stereocenters. The maximum Gasteiger partial charge on any atom is 0.147 e. The molecule has 0 fully saturated rings. The van der Waals surface area contributed by atoms with Crippen molar-refractivity contribution < 1.29 is 4.74 Å². The van der Waals surface area contributed by atoms with E-state index in [0.29, 0.717) is 22.3 Å². The number of hydrogen-bond acceptors (Lipinski definition) is 4. The maximum absolute atomic E-state index is 5.65. The molecule has 0 unspecified atom stereocenters. The lowest BCUT2D eigenvalue weighted by Crippen LogP contribution is -1.93. The highest BCUT2D eigenvalue weighted by molar-refractivity contribution is 6.29. The summed E-state index contributed by atoms with van der Waals surface area (Å²) in [5.74, 6) is 0.661. The Kier molecular flexibility index (Phi) is 2.78. The van der Waals surface area contributed by atoms with Crippen LogP contribution in [0.3, 0.4) is 0 Å². The first kappa shape index (κ1) is 9.86. The van der Waals surface area contributed by atoms with Crippen LogP contribution in [0, 0.1) is 0 Å². The Morgan fingerprint density at radius 2 is 2.07 bits per heavy atom. The minimum Gasteiger partial charge on any atom is -0.494 e. The Labute approximate surface area is 91.9 Å². The van der Waals surface area contributed by atoms with Crippen molar-refractivity contribution >= 4 is 11.6 Å². The molecule has 2 aromatic rings. The van der Waals surface area contributed by atoms with E-state index in [9.17, 15) is 0 Å². The van der Waals surface area contributed by atoms with E-state index in [4.69, 9.17) is 16.3 Å². The molecule has 2 heterocycles. The van der Waals surface area contributed by atoms with E-state index in [-0.39, 0.29) is 0 Å². The monoisotopic (exact) mass is 221 g/mol. The van der Waals surface area contributed by atoms with E-state index in [0.717, 1.165) is 0 Å². The SMILES string of the molecule is COc1cccnc1-c1cnc(Cl)cn1. The zero-order valence-electron chi connectivity index (χ0n) is 8.01. The van der Waals surface area contributed by atoms with Crippen LogP contribution in [0.2, 0.25) is 5.15 Å². The van der Waals surface area contributed by atoms with Gasteiger partial charge in [0.1, 0.15) is 22.3 Å². The third-order valence-corrected chi connectivity index (χ3v) is 2.05. The van der Waals surface area contributed by atoms with Gasteiger partial charge < -0.3 is 4.74 Å². The number of nitrogens with zero attached hydrogens (tertiary/aromatic N) is 3. The first-order valence-corrected chi connectivity index (χ1v) is 4.66. The summed E-state index contributed by atoms with van der Waals surface area (Å²) >= 11 is 5.65. The van der Waals surface area contributed by atoms with E-state index in [1.165, 1.54) is 6.20 Å². The lowest BCUT2D eigenvalue weighted by molar-refractivity contribution is 0.414. The Bertz CT molecular complexity index is 458. The molecule has 0 N–H and O–H groups in total. The molecule has 0 amide bonds. The van der Waals surface area contributed by atoms with Crippen LogP contribution in [0.5, 0.6) is 5.75 Å². The van der Waals surface area contributed by atoms with Crippen LogP contribution >= 0.6 is 11.6 Å². The summed E-state index contributed by atoms with van der Waals surface area (Å²) in [6.45, 7) is 0. The molecule has 4 nitrogen and oxygen atoms in total. The highest BCUT2D eigenvalue weighted by Crippen LogP contribution is 2.24. The van der Waals surface area contributed by atoms with E-state index in [1.807, 2.05) is 6.07 Å². The molecular formula is C10H8ClN3O. The number of hydrogen-bond donors (Lipinski definition) is 0. The van der Waals surface area contributed by atoms with E-state index < -0.39 is 0 Å². The summed E-state index contributed by atoms with van der Waals surface area (Å²) in [5, 5.41) is 0.355. The normalized spacial score (nSPS) is 10.0. The fourth-order valence-electron chi connectivity index (χ4n) is 1.18. The van der Waals surface area contributed by atoms with Crippen LogP contribution in [0.25, 0.3) is 11.4 Å². The second-order valence-corrected chi connectivity index (χ2v) is 3.17. The molecular weight excluding hydrogens is 214 g/mol.